The molecule has 0 bridgehead atoms. The maximum Gasteiger partial charge on any atom is 0.275 e. The first kappa shape index (κ1) is 17.7. The second-order valence-corrected chi connectivity index (χ2v) is 7.34. The van der Waals surface area contributed by atoms with E-state index in [1.165, 1.54) is 11.3 Å². The summed E-state index contributed by atoms with van der Waals surface area (Å²) >= 11 is 6.26. The molecule has 1 aliphatic rings. The summed E-state index contributed by atoms with van der Waals surface area (Å²) < 4.78 is 0. The van der Waals surface area contributed by atoms with E-state index in [0.717, 1.165) is 6.54 Å². The van der Waals surface area contributed by atoms with Gasteiger partial charge in [-0.15, -0.1) is 0 Å². The van der Waals surface area contributed by atoms with E-state index in [4.69, 9.17) is 11.6 Å². The maximum atomic E-state index is 13.0. The second kappa shape index (κ2) is 7.16. The number of piperazine rings is 1. The zero-order valence-corrected chi connectivity index (χ0v) is 16.1. The van der Waals surface area contributed by atoms with Gasteiger partial charge in [-0.25, -0.2) is 9.97 Å². The van der Waals surface area contributed by atoms with E-state index in [1.807, 2.05) is 29.2 Å². The molecule has 1 aromatic heterocycles. The third-order valence-electron chi connectivity index (χ3n) is 4.98. The summed E-state index contributed by atoms with van der Waals surface area (Å²) in [6.07, 6.45) is 0. The molecule has 2 aromatic carbocycles. The molecule has 4 rings (SSSR count). The SMILES string of the molecule is Cc1cccc(N2CCN(C(=O)c3nc4ccccc4nc3Cl)C[C@@H]2C)c1. The summed E-state index contributed by atoms with van der Waals surface area (Å²) in [7, 11) is 0. The van der Waals surface area contributed by atoms with Crippen molar-refractivity contribution >= 4 is 34.2 Å². The van der Waals surface area contributed by atoms with Crippen molar-refractivity contribution in [3.63, 3.8) is 0 Å². The molecular weight excluding hydrogens is 360 g/mol. The van der Waals surface area contributed by atoms with Gasteiger partial charge in [0, 0.05) is 31.4 Å². The highest BCUT2D eigenvalue weighted by atomic mass is 35.5. The monoisotopic (exact) mass is 380 g/mol. The standard InChI is InChI=1S/C21H21ClN4O/c1-14-6-5-7-16(12-14)26-11-10-25(13-15(26)2)21(27)19-20(22)24-18-9-4-3-8-17(18)23-19/h3-9,12,15H,10-11,13H2,1-2H3/t15-/m0/s1. The van der Waals surface area contributed by atoms with Gasteiger partial charge in [0.05, 0.1) is 11.0 Å². The van der Waals surface area contributed by atoms with Gasteiger partial charge < -0.3 is 9.80 Å². The normalized spacial score (nSPS) is 17.4. The van der Waals surface area contributed by atoms with Crippen molar-refractivity contribution in [1.29, 1.82) is 0 Å². The van der Waals surface area contributed by atoms with Gasteiger partial charge in [-0.2, -0.15) is 0 Å². The van der Waals surface area contributed by atoms with Crippen LogP contribution in [0.25, 0.3) is 11.0 Å². The molecule has 1 fully saturated rings. The average Bonchev–Trinajstić information content (AvgIpc) is 2.66. The number of amides is 1. The van der Waals surface area contributed by atoms with Crippen LogP contribution in [0.3, 0.4) is 0 Å². The van der Waals surface area contributed by atoms with Crippen molar-refractivity contribution in [1.82, 2.24) is 14.9 Å². The summed E-state index contributed by atoms with van der Waals surface area (Å²) in [5.41, 5.74) is 4.02. The smallest absolute Gasteiger partial charge is 0.275 e. The highest BCUT2D eigenvalue weighted by Gasteiger charge is 2.29. The number of para-hydroxylation sites is 2. The highest BCUT2D eigenvalue weighted by Crippen LogP contribution is 2.24. The first-order valence-electron chi connectivity index (χ1n) is 9.08. The maximum absolute atomic E-state index is 13.0. The number of hydrogen-bond donors (Lipinski definition) is 0. The minimum Gasteiger partial charge on any atom is -0.365 e. The molecule has 0 aliphatic carbocycles. The predicted molar refractivity (Wildman–Crippen MR) is 108 cm³/mol. The molecular formula is C21H21ClN4O. The molecule has 6 heteroatoms. The van der Waals surface area contributed by atoms with Crippen molar-refractivity contribution < 1.29 is 4.79 Å². The zero-order chi connectivity index (χ0) is 19.0. The molecule has 1 saturated heterocycles. The quantitative estimate of drug-likeness (QED) is 0.675. The lowest BCUT2D eigenvalue weighted by atomic mass is 10.1. The average molecular weight is 381 g/mol. The number of carbonyl (C=O) groups is 1. The molecule has 2 heterocycles. The van der Waals surface area contributed by atoms with Crippen molar-refractivity contribution in [3.8, 4) is 0 Å². The van der Waals surface area contributed by atoms with Gasteiger partial charge in [0.1, 0.15) is 0 Å². The number of rotatable bonds is 2. The van der Waals surface area contributed by atoms with E-state index in [-0.39, 0.29) is 22.8 Å². The van der Waals surface area contributed by atoms with Crippen LogP contribution < -0.4 is 4.90 Å². The molecule has 0 saturated carbocycles. The Bertz CT molecular complexity index is 1010. The van der Waals surface area contributed by atoms with Crippen LogP contribution in [0.5, 0.6) is 0 Å². The summed E-state index contributed by atoms with van der Waals surface area (Å²) in [6.45, 7) is 6.25. The van der Waals surface area contributed by atoms with Crippen molar-refractivity contribution in [3.05, 3.63) is 64.9 Å². The Morgan fingerprint density at radius 2 is 1.81 bits per heavy atom. The van der Waals surface area contributed by atoms with Crippen LogP contribution in [0.1, 0.15) is 23.0 Å². The largest absolute Gasteiger partial charge is 0.365 e. The molecule has 0 N–H and O–H groups in total. The Balaban J connectivity index is 1.55. The molecule has 0 spiro atoms. The van der Waals surface area contributed by atoms with Crippen LogP contribution in [0.4, 0.5) is 5.69 Å². The van der Waals surface area contributed by atoms with Crippen molar-refractivity contribution in [2.24, 2.45) is 0 Å². The number of benzene rings is 2. The molecule has 1 amide bonds. The van der Waals surface area contributed by atoms with E-state index >= 15 is 0 Å². The zero-order valence-electron chi connectivity index (χ0n) is 15.4. The summed E-state index contributed by atoms with van der Waals surface area (Å²) in [5, 5.41) is 0.160. The Morgan fingerprint density at radius 1 is 1.07 bits per heavy atom. The van der Waals surface area contributed by atoms with Gasteiger partial charge >= 0.3 is 0 Å². The molecule has 0 unspecified atom stereocenters. The number of carbonyl (C=O) groups excluding carboxylic acids is 1. The molecule has 1 aliphatic heterocycles. The van der Waals surface area contributed by atoms with E-state index in [0.29, 0.717) is 24.1 Å². The summed E-state index contributed by atoms with van der Waals surface area (Å²) in [5.74, 6) is -0.158. The lowest BCUT2D eigenvalue weighted by Gasteiger charge is -2.41. The van der Waals surface area contributed by atoms with Crippen molar-refractivity contribution in [2.45, 2.75) is 19.9 Å². The molecule has 0 radical (unpaired) electrons. The number of anilines is 1. The van der Waals surface area contributed by atoms with Crippen molar-refractivity contribution in [2.75, 3.05) is 24.5 Å². The van der Waals surface area contributed by atoms with E-state index in [1.54, 1.807) is 0 Å². The lowest BCUT2D eigenvalue weighted by Crippen LogP contribution is -2.54. The van der Waals surface area contributed by atoms with Gasteiger partial charge in [-0.05, 0) is 43.7 Å². The summed E-state index contributed by atoms with van der Waals surface area (Å²) in [4.78, 5) is 26.0. The fourth-order valence-corrected chi connectivity index (χ4v) is 3.81. The minimum atomic E-state index is -0.158. The predicted octanol–water partition coefficient (Wildman–Crippen LogP) is 3.94. The van der Waals surface area contributed by atoms with Crippen LogP contribution in [-0.2, 0) is 0 Å². The molecule has 3 aromatic rings. The van der Waals surface area contributed by atoms with E-state index in [2.05, 4.69) is 53.0 Å². The van der Waals surface area contributed by atoms with Gasteiger partial charge in [0.2, 0.25) is 0 Å². The van der Waals surface area contributed by atoms with Gasteiger partial charge in [-0.1, -0.05) is 35.9 Å². The first-order chi connectivity index (χ1) is 13.0. The number of aryl methyl sites for hydroxylation is 1. The fourth-order valence-electron chi connectivity index (χ4n) is 3.60. The Labute approximate surface area is 163 Å². The number of hydrogen-bond acceptors (Lipinski definition) is 4. The second-order valence-electron chi connectivity index (χ2n) is 6.98. The molecule has 1 atom stereocenters. The topological polar surface area (TPSA) is 49.3 Å². The fraction of sp³-hybridized carbons (Fsp3) is 0.286. The number of halogens is 1. The van der Waals surface area contributed by atoms with Crippen LogP contribution in [-0.4, -0.2) is 46.5 Å². The highest BCUT2D eigenvalue weighted by molar-refractivity contribution is 6.32. The third-order valence-corrected chi connectivity index (χ3v) is 5.24. The number of fused-ring (bicyclic) bond motifs is 1. The first-order valence-corrected chi connectivity index (χ1v) is 9.45. The van der Waals surface area contributed by atoms with E-state index in [9.17, 15) is 4.79 Å². The van der Waals surface area contributed by atoms with Gasteiger partial charge in [0.15, 0.2) is 10.8 Å². The Kier molecular flexibility index (Phi) is 4.70. The minimum absolute atomic E-state index is 0.158. The van der Waals surface area contributed by atoms with Crippen LogP contribution in [0, 0.1) is 6.92 Å². The number of nitrogens with zero attached hydrogens (tertiary/aromatic N) is 4. The van der Waals surface area contributed by atoms with E-state index < -0.39 is 0 Å². The Hall–Kier alpha value is -2.66. The Morgan fingerprint density at radius 3 is 2.52 bits per heavy atom. The molecule has 27 heavy (non-hydrogen) atoms. The van der Waals surface area contributed by atoms with Crippen LogP contribution >= 0.6 is 11.6 Å². The molecule has 5 nitrogen and oxygen atoms in total. The summed E-state index contributed by atoms with van der Waals surface area (Å²) in [6, 6.07) is 16.1. The van der Waals surface area contributed by atoms with Crippen LogP contribution in [0.2, 0.25) is 5.15 Å². The van der Waals surface area contributed by atoms with Gasteiger partial charge in [0.25, 0.3) is 5.91 Å². The number of aromatic nitrogens is 2. The lowest BCUT2D eigenvalue weighted by molar-refractivity contribution is 0.0720. The third kappa shape index (κ3) is 3.47. The molecule has 138 valence electrons. The van der Waals surface area contributed by atoms with Gasteiger partial charge in [-0.3, -0.25) is 4.79 Å². The van der Waals surface area contributed by atoms with Crippen LogP contribution in [0.15, 0.2) is 48.5 Å².